The van der Waals surface area contributed by atoms with Crippen molar-refractivity contribution in [3.05, 3.63) is 60.4 Å². The average Bonchev–Trinajstić information content (AvgIpc) is 3.17. The van der Waals surface area contributed by atoms with Crippen molar-refractivity contribution in [1.29, 1.82) is 0 Å². The molecule has 3 aromatic rings. The van der Waals surface area contributed by atoms with Crippen molar-refractivity contribution in [1.82, 2.24) is 19.3 Å². The van der Waals surface area contributed by atoms with E-state index in [9.17, 15) is 4.79 Å². The molecule has 0 saturated heterocycles. The Morgan fingerprint density at radius 2 is 2.23 bits per heavy atom. The minimum absolute atomic E-state index is 0.0933. The topological polar surface area (TPSA) is 64.7 Å². The minimum atomic E-state index is -0.0933. The van der Waals surface area contributed by atoms with Crippen LogP contribution in [0.2, 0.25) is 0 Å². The maximum absolute atomic E-state index is 12.9. The van der Waals surface area contributed by atoms with Gasteiger partial charge in [-0.3, -0.25) is 9.48 Å². The smallest absolute Gasteiger partial charge is 0.259 e. The van der Waals surface area contributed by atoms with Crippen LogP contribution >= 0.6 is 0 Å². The fourth-order valence-electron chi connectivity index (χ4n) is 3.19. The Kier molecular flexibility index (Phi) is 4.32. The number of nitrogens with one attached hydrogen (secondary N) is 1. The van der Waals surface area contributed by atoms with Gasteiger partial charge in [0.1, 0.15) is 0 Å². The fraction of sp³-hybridized carbons (Fsp3) is 0.350. The first kappa shape index (κ1) is 16.6. The van der Waals surface area contributed by atoms with E-state index in [1.807, 2.05) is 39.7 Å². The molecule has 1 atom stereocenters. The fourth-order valence-corrected chi connectivity index (χ4v) is 3.19. The van der Waals surface area contributed by atoms with Crippen LogP contribution < -0.4 is 5.32 Å². The van der Waals surface area contributed by atoms with Gasteiger partial charge in [-0.25, -0.2) is 4.98 Å². The van der Waals surface area contributed by atoms with E-state index < -0.39 is 0 Å². The maximum atomic E-state index is 12.9. The molecule has 0 unspecified atom stereocenters. The highest BCUT2D eigenvalue weighted by Gasteiger charge is 2.33. The lowest BCUT2D eigenvalue weighted by Gasteiger charge is -2.14. The van der Waals surface area contributed by atoms with Crippen LogP contribution in [0.3, 0.4) is 0 Å². The number of carbonyl (C=O) groups is 1. The summed E-state index contributed by atoms with van der Waals surface area (Å²) in [5.41, 5.74) is 3.50. The van der Waals surface area contributed by atoms with Gasteiger partial charge in [-0.15, -0.1) is 0 Å². The Balaban J connectivity index is 1.59. The van der Waals surface area contributed by atoms with E-state index in [-0.39, 0.29) is 5.91 Å². The molecule has 1 aliphatic rings. The molecule has 0 bridgehead atoms. The van der Waals surface area contributed by atoms with Crippen LogP contribution in [0, 0.1) is 0 Å². The highest BCUT2D eigenvalue weighted by Crippen LogP contribution is 2.42. The Morgan fingerprint density at radius 3 is 2.92 bits per heavy atom. The molecular formula is C20H23N5O. The number of carbonyl (C=O) groups excluding carboxylic acids is 1. The molecule has 4 rings (SSSR count). The number of imidazole rings is 1. The highest BCUT2D eigenvalue weighted by atomic mass is 16.1. The van der Waals surface area contributed by atoms with Gasteiger partial charge < -0.3 is 9.88 Å². The molecule has 1 fully saturated rings. The molecule has 134 valence electrons. The van der Waals surface area contributed by atoms with Crippen LogP contribution in [0.25, 0.3) is 5.69 Å². The molecule has 1 saturated carbocycles. The predicted molar refractivity (Wildman–Crippen MR) is 101 cm³/mol. The Bertz CT molecular complexity index is 908. The summed E-state index contributed by atoms with van der Waals surface area (Å²) in [6, 6.07) is 8.05. The summed E-state index contributed by atoms with van der Waals surface area (Å²) in [5.74, 6) is 0.369. The molecule has 1 N–H and O–H groups in total. The normalized spacial score (nSPS) is 15.0. The third kappa shape index (κ3) is 3.14. The molecule has 26 heavy (non-hydrogen) atoms. The lowest BCUT2D eigenvalue weighted by atomic mass is 10.1. The maximum Gasteiger partial charge on any atom is 0.259 e. The second-order valence-electron chi connectivity index (χ2n) is 6.89. The first-order valence-electron chi connectivity index (χ1n) is 9.14. The summed E-state index contributed by atoms with van der Waals surface area (Å²) in [6.07, 6.45) is 10.3. The van der Waals surface area contributed by atoms with Crippen molar-refractivity contribution in [2.45, 2.75) is 45.1 Å². The van der Waals surface area contributed by atoms with E-state index in [4.69, 9.17) is 0 Å². The van der Waals surface area contributed by atoms with Gasteiger partial charge in [0.25, 0.3) is 5.91 Å². The SMILES string of the molecule is CC[C@@H](C)n1ncc(C(=O)Nc2cccc(-n3ccnc3)c2)c1C1CC1. The van der Waals surface area contributed by atoms with Gasteiger partial charge in [-0.2, -0.15) is 5.10 Å². The second kappa shape index (κ2) is 6.78. The molecule has 1 aromatic carbocycles. The standard InChI is InChI=1S/C20H23N5O/c1-3-14(2)25-19(15-7-8-15)18(12-22-25)20(26)23-16-5-4-6-17(11-16)24-10-9-21-13-24/h4-6,9-15H,3,7-8H2,1-2H3,(H,23,26)/t14-/m1/s1. The van der Waals surface area contributed by atoms with Gasteiger partial charge in [-0.05, 0) is 44.4 Å². The van der Waals surface area contributed by atoms with Crippen molar-refractivity contribution in [3.8, 4) is 5.69 Å². The zero-order valence-corrected chi connectivity index (χ0v) is 15.1. The molecular weight excluding hydrogens is 326 g/mol. The monoisotopic (exact) mass is 349 g/mol. The average molecular weight is 349 g/mol. The molecule has 1 amide bonds. The molecule has 0 spiro atoms. The van der Waals surface area contributed by atoms with Crippen molar-refractivity contribution in [2.75, 3.05) is 5.32 Å². The largest absolute Gasteiger partial charge is 0.322 e. The van der Waals surface area contributed by atoms with E-state index in [2.05, 4.69) is 29.2 Å². The third-order valence-corrected chi connectivity index (χ3v) is 4.96. The number of aromatic nitrogens is 4. The van der Waals surface area contributed by atoms with E-state index >= 15 is 0 Å². The molecule has 6 nitrogen and oxygen atoms in total. The van der Waals surface area contributed by atoms with Gasteiger partial charge >= 0.3 is 0 Å². The minimum Gasteiger partial charge on any atom is -0.322 e. The summed E-state index contributed by atoms with van der Waals surface area (Å²) in [4.78, 5) is 17.0. The van der Waals surface area contributed by atoms with Crippen LogP contribution in [0.4, 0.5) is 5.69 Å². The van der Waals surface area contributed by atoms with Gasteiger partial charge in [0.15, 0.2) is 0 Å². The van der Waals surface area contributed by atoms with Crippen LogP contribution in [0.15, 0.2) is 49.2 Å². The van der Waals surface area contributed by atoms with Gasteiger partial charge in [0.05, 0.1) is 23.8 Å². The Hall–Kier alpha value is -2.89. The first-order chi connectivity index (χ1) is 12.7. The summed E-state index contributed by atoms with van der Waals surface area (Å²) in [6.45, 7) is 4.29. The predicted octanol–water partition coefficient (Wildman–Crippen LogP) is 4.17. The van der Waals surface area contributed by atoms with Crippen molar-refractivity contribution >= 4 is 11.6 Å². The number of anilines is 1. The molecule has 0 radical (unpaired) electrons. The van der Waals surface area contributed by atoms with Crippen molar-refractivity contribution < 1.29 is 4.79 Å². The van der Waals surface area contributed by atoms with Crippen LogP contribution in [0.1, 0.15) is 61.1 Å². The van der Waals surface area contributed by atoms with E-state index in [1.165, 1.54) is 0 Å². The first-order valence-corrected chi connectivity index (χ1v) is 9.14. The third-order valence-electron chi connectivity index (χ3n) is 4.96. The lowest BCUT2D eigenvalue weighted by Crippen LogP contribution is -2.16. The summed E-state index contributed by atoms with van der Waals surface area (Å²) < 4.78 is 3.95. The zero-order valence-electron chi connectivity index (χ0n) is 15.1. The van der Waals surface area contributed by atoms with Crippen LogP contribution in [-0.4, -0.2) is 25.2 Å². The highest BCUT2D eigenvalue weighted by molar-refractivity contribution is 6.05. The van der Waals surface area contributed by atoms with Crippen LogP contribution in [-0.2, 0) is 0 Å². The van der Waals surface area contributed by atoms with E-state index in [0.717, 1.165) is 36.3 Å². The van der Waals surface area contributed by atoms with Gasteiger partial charge in [0, 0.05) is 35.7 Å². The number of rotatable bonds is 6. The lowest BCUT2D eigenvalue weighted by molar-refractivity contribution is 0.102. The summed E-state index contributed by atoms with van der Waals surface area (Å²) in [5, 5.41) is 7.54. The van der Waals surface area contributed by atoms with E-state index in [0.29, 0.717) is 17.5 Å². The molecule has 2 heterocycles. The zero-order chi connectivity index (χ0) is 18.1. The Labute approximate surface area is 152 Å². The quantitative estimate of drug-likeness (QED) is 0.726. The number of benzene rings is 1. The van der Waals surface area contributed by atoms with E-state index in [1.54, 1.807) is 18.7 Å². The Morgan fingerprint density at radius 1 is 1.38 bits per heavy atom. The number of hydrogen-bond donors (Lipinski definition) is 1. The number of amides is 1. The number of nitrogens with zero attached hydrogens (tertiary/aromatic N) is 4. The molecule has 6 heteroatoms. The summed E-state index contributed by atoms with van der Waals surface area (Å²) in [7, 11) is 0. The molecule has 2 aromatic heterocycles. The van der Waals surface area contributed by atoms with Gasteiger partial charge in [-0.1, -0.05) is 13.0 Å². The van der Waals surface area contributed by atoms with Crippen LogP contribution in [0.5, 0.6) is 0 Å². The van der Waals surface area contributed by atoms with Crippen molar-refractivity contribution in [2.24, 2.45) is 0 Å². The molecule has 0 aliphatic heterocycles. The molecule has 1 aliphatic carbocycles. The number of hydrogen-bond acceptors (Lipinski definition) is 3. The second-order valence-corrected chi connectivity index (χ2v) is 6.89. The van der Waals surface area contributed by atoms with Gasteiger partial charge in [0.2, 0.25) is 0 Å². The van der Waals surface area contributed by atoms with Crippen molar-refractivity contribution in [3.63, 3.8) is 0 Å². The summed E-state index contributed by atoms with van der Waals surface area (Å²) >= 11 is 0.